The van der Waals surface area contributed by atoms with Gasteiger partial charge < -0.3 is 4.90 Å². The lowest BCUT2D eigenvalue weighted by molar-refractivity contribution is 0.398. The lowest BCUT2D eigenvalue weighted by Crippen LogP contribution is -2.17. The van der Waals surface area contributed by atoms with Gasteiger partial charge in [0.2, 0.25) is 0 Å². The molecule has 0 unspecified atom stereocenters. The molecule has 0 atom stereocenters. The van der Waals surface area contributed by atoms with Gasteiger partial charge in [-0.2, -0.15) is 11.1 Å². The van der Waals surface area contributed by atoms with Crippen molar-refractivity contribution in [1.29, 1.82) is 0 Å². The maximum atomic E-state index is 6.17. The fourth-order valence-corrected chi connectivity index (χ4v) is 2.47. The van der Waals surface area contributed by atoms with Crippen LogP contribution in [0.15, 0.2) is 0 Å². The van der Waals surface area contributed by atoms with Crippen molar-refractivity contribution < 1.29 is 0 Å². The topological polar surface area (TPSA) is 3.24 Å². The summed E-state index contributed by atoms with van der Waals surface area (Å²) < 4.78 is 0. The molecule has 0 radical (unpaired) electrons. The van der Waals surface area contributed by atoms with Crippen LogP contribution in [0, 0.1) is 0 Å². The van der Waals surface area contributed by atoms with Crippen molar-refractivity contribution in [2.24, 2.45) is 0 Å². The quantitative estimate of drug-likeness (QED) is 0.369. The predicted octanol–water partition coefficient (Wildman–Crippen LogP) is 2.77. The molecule has 0 aromatic heterocycles. The summed E-state index contributed by atoms with van der Waals surface area (Å²) in [6, 6.07) is 1.25. The SMILES string of the molecule is CN(C)CCCC[Si](C)(C)Cl. The third kappa shape index (κ3) is 10.5. The van der Waals surface area contributed by atoms with Crippen molar-refractivity contribution in [3.63, 3.8) is 0 Å². The summed E-state index contributed by atoms with van der Waals surface area (Å²) in [7, 11) is 2.95. The average molecular weight is 194 g/mol. The van der Waals surface area contributed by atoms with Crippen LogP contribution >= 0.6 is 11.1 Å². The van der Waals surface area contributed by atoms with E-state index in [0.29, 0.717) is 0 Å². The summed E-state index contributed by atoms with van der Waals surface area (Å²) >= 11 is 6.17. The molecule has 0 aliphatic rings. The number of rotatable bonds is 5. The molecule has 1 nitrogen and oxygen atoms in total. The fraction of sp³-hybridized carbons (Fsp3) is 1.00. The summed E-state index contributed by atoms with van der Waals surface area (Å²) in [5.74, 6) is 0. The third-order valence-electron chi connectivity index (χ3n) is 1.63. The highest BCUT2D eigenvalue weighted by Gasteiger charge is 2.15. The maximum absolute atomic E-state index is 6.17. The molecule has 0 aromatic carbocycles. The number of hydrogen-bond acceptors (Lipinski definition) is 1. The van der Waals surface area contributed by atoms with Gasteiger partial charge in [-0.05, 0) is 33.1 Å². The third-order valence-corrected chi connectivity index (χ3v) is 3.74. The Morgan fingerprint density at radius 3 is 2.09 bits per heavy atom. The van der Waals surface area contributed by atoms with Crippen LogP contribution in [-0.4, -0.2) is 32.9 Å². The Labute approximate surface area is 76.4 Å². The Hall–Kier alpha value is 0.467. The highest BCUT2D eigenvalue weighted by Crippen LogP contribution is 2.17. The minimum Gasteiger partial charge on any atom is -0.309 e. The van der Waals surface area contributed by atoms with Gasteiger partial charge in [-0.3, -0.25) is 0 Å². The van der Waals surface area contributed by atoms with Crippen LogP contribution in [0.1, 0.15) is 12.8 Å². The Balaban J connectivity index is 3.15. The summed E-state index contributed by atoms with van der Waals surface area (Å²) in [5.41, 5.74) is 0. The van der Waals surface area contributed by atoms with Crippen molar-refractivity contribution in [2.75, 3.05) is 20.6 Å². The van der Waals surface area contributed by atoms with Crippen molar-refractivity contribution >= 4 is 18.5 Å². The van der Waals surface area contributed by atoms with Crippen molar-refractivity contribution in [3.8, 4) is 0 Å². The van der Waals surface area contributed by atoms with E-state index in [1.807, 2.05) is 0 Å². The van der Waals surface area contributed by atoms with Gasteiger partial charge in [0.25, 0.3) is 0 Å². The maximum Gasteiger partial charge on any atom is 0.150 e. The minimum absolute atomic E-state index is 1.20. The predicted molar refractivity (Wildman–Crippen MR) is 55.9 cm³/mol. The number of hydrogen-bond donors (Lipinski definition) is 0. The van der Waals surface area contributed by atoms with Crippen LogP contribution in [-0.2, 0) is 0 Å². The Morgan fingerprint density at radius 1 is 1.18 bits per heavy atom. The van der Waals surface area contributed by atoms with Crippen LogP contribution in [0.4, 0.5) is 0 Å². The molecule has 0 bridgehead atoms. The van der Waals surface area contributed by atoms with Gasteiger partial charge in [0.1, 0.15) is 7.38 Å². The van der Waals surface area contributed by atoms with Gasteiger partial charge >= 0.3 is 0 Å². The first-order valence-corrected chi connectivity index (χ1v) is 8.47. The summed E-state index contributed by atoms with van der Waals surface area (Å²) in [5, 5.41) is 0. The van der Waals surface area contributed by atoms with E-state index < -0.39 is 7.38 Å². The molecule has 0 N–H and O–H groups in total. The average Bonchev–Trinajstić information content (AvgIpc) is 1.78. The van der Waals surface area contributed by atoms with Crippen molar-refractivity contribution in [2.45, 2.75) is 32.0 Å². The normalized spacial score (nSPS) is 12.5. The van der Waals surface area contributed by atoms with Gasteiger partial charge in [-0.25, -0.2) is 0 Å². The zero-order valence-corrected chi connectivity index (χ0v) is 9.91. The Morgan fingerprint density at radius 2 is 1.73 bits per heavy atom. The number of nitrogens with zero attached hydrogens (tertiary/aromatic N) is 1. The lowest BCUT2D eigenvalue weighted by atomic mass is 10.3. The first-order chi connectivity index (χ1) is 4.92. The number of unbranched alkanes of at least 4 members (excludes halogenated alkanes) is 1. The summed E-state index contributed by atoms with van der Waals surface area (Å²) in [6.45, 7) is 5.62. The standard InChI is InChI=1S/C8H20ClNSi/c1-10(2)7-5-6-8-11(3,4)9/h5-8H2,1-4H3. The van der Waals surface area contributed by atoms with Crippen LogP contribution in [0.5, 0.6) is 0 Å². The number of halogens is 1. The van der Waals surface area contributed by atoms with E-state index in [-0.39, 0.29) is 0 Å². The van der Waals surface area contributed by atoms with Crippen molar-refractivity contribution in [3.05, 3.63) is 0 Å². The second-order valence-electron chi connectivity index (χ2n) is 3.98. The highest BCUT2D eigenvalue weighted by atomic mass is 35.6. The second kappa shape index (κ2) is 5.17. The molecule has 0 fully saturated rings. The monoisotopic (exact) mass is 193 g/mol. The van der Waals surface area contributed by atoms with Gasteiger partial charge in [0.15, 0.2) is 0 Å². The lowest BCUT2D eigenvalue weighted by Gasteiger charge is -2.13. The molecule has 0 amide bonds. The summed E-state index contributed by atoms with van der Waals surface area (Å²) in [6.07, 6.45) is 2.58. The van der Waals surface area contributed by atoms with Crippen LogP contribution in [0.2, 0.25) is 19.1 Å². The van der Waals surface area contributed by atoms with E-state index in [4.69, 9.17) is 11.1 Å². The molecule has 3 heteroatoms. The molecule has 0 saturated carbocycles. The Kier molecular flexibility index (Phi) is 5.39. The van der Waals surface area contributed by atoms with E-state index >= 15 is 0 Å². The molecule has 68 valence electrons. The van der Waals surface area contributed by atoms with Crippen LogP contribution < -0.4 is 0 Å². The molecule has 11 heavy (non-hydrogen) atoms. The molecule has 0 rings (SSSR count). The fourth-order valence-electron chi connectivity index (χ4n) is 0.973. The van der Waals surface area contributed by atoms with E-state index in [0.717, 1.165) is 0 Å². The van der Waals surface area contributed by atoms with Gasteiger partial charge in [0, 0.05) is 0 Å². The Bertz CT molecular complexity index is 98.8. The van der Waals surface area contributed by atoms with Crippen LogP contribution in [0.25, 0.3) is 0 Å². The van der Waals surface area contributed by atoms with E-state index in [1.54, 1.807) is 0 Å². The first-order valence-electron chi connectivity index (χ1n) is 4.25. The molecule has 0 spiro atoms. The highest BCUT2D eigenvalue weighted by molar-refractivity contribution is 7.19. The minimum atomic E-state index is -1.28. The zero-order chi connectivity index (χ0) is 8.91. The van der Waals surface area contributed by atoms with Gasteiger partial charge in [-0.1, -0.05) is 19.5 Å². The van der Waals surface area contributed by atoms with Gasteiger partial charge in [-0.15, -0.1) is 0 Å². The molecular weight excluding hydrogens is 174 g/mol. The van der Waals surface area contributed by atoms with E-state index in [2.05, 4.69) is 32.1 Å². The molecule has 0 aliphatic carbocycles. The molecule has 0 saturated heterocycles. The van der Waals surface area contributed by atoms with Gasteiger partial charge in [0.05, 0.1) is 0 Å². The first kappa shape index (κ1) is 11.5. The van der Waals surface area contributed by atoms with E-state index in [9.17, 15) is 0 Å². The molecular formula is C8H20ClNSi. The largest absolute Gasteiger partial charge is 0.309 e. The molecule has 0 aliphatic heterocycles. The zero-order valence-electron chi connectivity index (χ0n) is 8.15. The smallest absolute Gasteiger partial charge is 0.150 e. The molecule has 0 aromatic rings. The molecule has 0 heterocycles. The second-order valence-corrected chi connectivity index (χ2v) is 11.0. The van der Waals surface area contributed by atoms with Crippen molar-refractivity contribution in [1.82, 2.24) is 4.90 Å². The van der Waals surface area contributed by atoms with Crippen LogP contribution in [0.3, 0.4) is 0 Å². The van der Waals surface area contributed by atoms with E-state index in [1.165, 1.54) is 25.4 Å². The summed E-state index contributed by atoms with van der Waals surface area (Å²) in [4.78, 5) is 2.22.